The Kier molecular flexibility index (Phi) is 5.61. The quantitative estimate of drug-likeness (QED) is 0.502. The largest absolute Gasteiger partial charge is 0.472 e. The molecular weight excluding hydrogens is 330 g/mol. The number of nitrogens with two attached hydrogens (primary N) is 2. The van der Waals surface area contributed by atoms with Gasteiger partial charge in [-0.15, -0.1) is 0 Å². The Morgan fingerprint density at radius 3 is 2.62 bits per heavy atom. The minimum absolute atomic E-state index is 0.113. The molecule has 0 aliphatic carbocycles. The van der Waals surface area contributed by atoms with Crippen molar-refractivity contribution in [2.24, 2.45) is 11.7 Å². The number of ether oxygens (including phenoxy) is 1. The molecule has 0 unspecified atom stereocenters. The second-order valence-corrected chi connectivity index (χ2v) is 5.77. The van der Waals surface area contributed by atoms with Gasteiger partial charge in [-0.2, -0.15) is 0 Å². The van der Waals surface area contributed by atoms with E-state index in [0.717, 1.165) is 21.3 Å². The van der Waals surface area contributed by atoms with Gasteiger partial charge in [0.25, 0.3) is 0 Å². The third-order valence-electron chi connectivity index (χ3n) is 3.40. The van der Waals surface area contributed by atoms with Crippen molar-refractivity contribution in [3.05, 3.63) is 52.2 Å². The van der Waals surface area contributed by atoms with Gasteiger partial charge in [0.15, 0.2) is 0 Å². The zero-order valence-corrected chi connectivity index (χ0v) is 14.5. The number of hydrogen-bond acceptors (Lipinski definition) is 5. The minimum atomic E-state index is -0.580. The van der Waals surface area contributed by atoms with Gasteiger partial charge in [-0.3, -0.25) is 5.01 Å². The average molecular weight is 350 g/mol. The summed E-state index contributed by atoms with van der Waals surface area (Å²) in [4.78, 5) is 16.3. The van der Waals surface area contributed by atoms with Crippen LogP contribution < -0.4 is 21.4 Å². The molecule has 0 aliphatic rings. The predicted octanol–water partition coefficient (Wildman–Crippen LogP) is 2.54. The van der Waals surface area contributed by atoms with Gasteiger partial charge in [0.2, 0.25) is 5.88 Å². The number of hydrazine groups is 2. The fraction of sp³-hybridized carbons (Fsp3) is 0.250. The van der Waals surface area contributed by atoms with E-state index in [4.69, 9.17) is 28.0 Å². The Labute approximate surface area is 145 Å². The number of halogens is 1. The van der Waals surface area contributed by atoms with Gasteiger partial charge >= 0.3 is 6.03 Å². The van der Waals surface area contributed by atoms with Crippen LogP contribution in [0.4, 0.5) is 10.5 Å². The first kappa shape index (κ1) is 18.0. The van der Waals surface area contributed by atoms with Crippen molar-refractivity contribution in [2.45, 2.75) is 20.5 Å². The summed E-state index contributed by atoms with van der Waals surface area (Å²) in [6.07, 6.45) is 0. The molecule has 2 amide bonds. The molecule has 1 aromatic heterocycles. The summed E-state index contributed by atoms with van der Waals surface area (Å²) in [7, 11) is 1.41. The maximum atomic E-state index is 12.0. The smallest absolute Gasteiger partial charge is 0.352 e. The zero-order valence-electron chi connectivity index (χ0n) is 13.8. The molecule has 7 nitrogen and oxygen atoms in total. The van der Waals surface area contributed by atoms with E-state index in [-0.39, 0.29) is 6.61 Å². The van der Waals surface area contributed by atoms with E-state index in [9.17, 15) is 4.79 Å². The number of pyridine rings is 1. The Bertz CT molecular complexity index is 751. The van der Waals surface area contributed by atoms with Gasteiger partial charge in [-0.05, 0) is 32.0 Å². The topological polar surface area (TPSA) is 97.7 Å². The fourth-order valence-electron chi connectivity index (χ4n) is 2.08. The number of rotatable bonds is 4. The number of amides is 2. The van der Waals surface area contributed by atoms with E-state index in [2.05, 4.69) is 4.98 Å². The summed E-state index contributed by atoms with van der Waals surface area (Å²) in [6, 6.07) is 8.31. The van der Waals surface area contributed by atoms with Crippen LogP contribution in [-0.4, -0.2) is 23.1 Å². The molecule has 8 heteroatoms. The summed E-state index contributed by atoms with van der Waals surface area (Å²) >= 11 is 6.26. The number of urea groups is 1. The molecule has 0 radical (unpaired) electrons. The van der Waals surface area contributed by atoms with Crippen molar-refractivity contribution in [1.29, 1.82) is 0 Å². The number of nitrogens with zero attached hydrogens (tertiary/aromatic N) is 3. The van der Waals surface area contributed by atoms with E-state index in [1.165, 1.54) is 7.05 Å². The number of carbonyl (C=O) groups excluding carboxylic acids is 1. The highest BCUT2D eigenvalue weighted by Gasteiger charge is 2.19. The number of aromatic nitrogens is 1. The van der Waals surface area contributed by atoms with Crippen LogP contribution in [0.25, 0.3) is 0 Å². The lowest BCUT2D eigenvalue weighted by atomic mass is 10.2. The lowest BCUT2D eigenvalue weighted by Gasteiger charge is -2.23. The number of benzene rings is 1. The highest BCUT2D eigenvalue weighted by atomic mass is 35.5. The minimum Gasteiger partial charge on any atom is -0.472 e. The average Bonchev–Trinajstić information content (AvgIpc) is 2.54. The monoisotopic (exact) mass is 349 g/mol. The van der Waals surface area contributed by atoms with Crippen LogP contribution >= 0.6 is 11.6 Å². The van der Waals surface area contributed by atoms with Gasteiger partial charge in [0.1, 0.15) is 6.61 Å². The highest BCUT2D eigenvalue weighted by molar-refractivity contribution is 6.31. The van der Waals surface area contributed by atoms with Crippen molar-refractivity contribution in [3.8, 4) is 5.88 Å². The lowest BCUT2D eigenvalue weighted by Crippen LogP contribution is -2.49. The second-order valence-electron chi connectivity index (χ2n) is 5.36. The van der Waals surface area contributed by atoms with Crippen LogP contribution in [0, 0.1) is 13.8 Å². The molecule has 0 spiro atoms. The Balaban J connectivity index is 2.30. The molecule has 0 bridgehead atoms. The van der Waals surface area contributed by atoms with Crippen LogP contribution in [-0.2, 0) is 6.61 Å². The van der Waals surface area contributed by atoms with E-state index in [1.54, 1.807) is 18.2 Å². The summed E-state index contributed by atoms with van der Waals surface area (Å²) in [5, 5.41) is 2.25. The van der Waals surface area contributed by atoms with Gasteiger partial charge in [-0.1, -0.05) is 23.7 Å². The molecule has 128 valence electrons. The molecule has 2 aromatic rings. The third-order valence-corrected chi connectivity index (χ3v) is 3.76. The van der Waals surface area contributed by atoms with Gasteiger partial charge in [0, 0.05) is 28.9 Å². The van der Waals surface area contributed by atoms with Gasteiger partial charge < -0.3 is 4.74 Å². The van der Waals surface area contributed by atoms with Crippen LogP contribution in [0.15, 0.2) is 30.3 Å². The molecule has 24 heavy (non-hydrogen) atoms. The Morgan fingerprint density at radius 1 is 1.25 bits per heavy atom. The van der Waals surface area contributed by atoms with Crippen LogP contribution in [0.3, 0.4) is 0 Å². The van der Waals surface area contributed by atoms with Gasteiger partial charge in [0.05, 0.1) is 5.69 Å². The zero-order chi connectivity index (χ0) is 17.9. The van der Waals surface area contributed by atoms with E-state index in [0.29, 0.717) is 22.2 Å². The van der Waals surface area contributed by atoms with Crippen LogP contribution in [0.5, 0.6) is 5.88 Å². The van der Waals surface area contributed by atoms with Crippen LogP contribution in [0.2, 0.25) is 5.02 Å². The Morgan fingerprint density at radius 2 is 1.96 bits per heavy atom. The summed E-state index contributed by atoms with van der Waals surface area (Å²) < 4.78 is 5.78. The second kappa shape index (κ2) is 7.48. The van der Waals surface area contributed by atoms with Gasteiger partial charge in [-0.25, -0.2) is 26.5 Å². The fourth-order valence-corrected chi connectivity index (χ4v) is 2.30. The number of anilines is 1. The molecule has 0 saturated heterocycles. The molecular formula is C16H20ClN5O2. The first-order valence-electron chi connectivity index (χ1n) is 7.23. The normalized spacial score (nSPS) is 10.4. The Hall–Kier alpha value is -2.35. The molecule has 0 atom stereocenters. The van der Waals surface area contributed by atoms with E-state index in [1.807, 2.05) is 26.0 Å². The van der Waals surface area contributed by atoms with Crippen molar-refractivity contribution in [1.82, 2.24) is 9.99 Å². The lowest BCUT2D eigenvalue weighted by molar-refractivity contribution is 0.216. The first-order chi connectivity index (χ1) is 11.3. The number of carbonyl (C=O) groups is 1. The number of aryl methyl sites for hydroxylation is 2. The van der Waals surface area contributed by atoms with E-state index >= 15 is 0 Å². The first-order valence-corrected chi connectivity index (χ1v) is 7.60. The third kappa shape index (κ3) is 3.94. The molecule has 4 N–H and O–H groups in total. The highest BCUT2D eigenvalue weighted by Crippen LogP contribution is 2.28. The predicted molar refractivity (Wildman–Crippen MR) is 93.5 cm³/mol. The van der Waals surface area contributed by atoms with Crippen molar-refractivity contribution in [2.75, 3.05) is 12.1 Å². The van der Waals surface area contributed by atoms with Crippen molar-refractivity contribution in [3.63, 3.8) is 0 Å². The molecule has 0 fully saturated rings. The molecule has 0 saturated carbocycles. The van der Waals surface area contributed by atoms with Crippen LogP contribution in [0.1, 0.15) is 16.8 Å². The van der Waals surface area contributed by atoms with E-state index < -0.39 is 6.03 Å². The molecule has 2 rings (SSSR count). The molecule has 0 aliphatic heterocycles. The summed E-state index contributed by atoms with van der Waals surface area (Å²) in [5.41, 5.74) is 2.72. The summed E-state index contributed by atoms with van der Waals surface area (Å²) in [6.45, 7) is 3.89. The maximum Gasteiger partial charge on any atom is 0.352 e. The molecule has 1 heterocycles. The molecule has 1 aromatic carbocycles. The standard InChI is InChI=1S/C16H20ClN5O2/c1-10-7-8-11(2)20-15(10)24-9-12-13(17)5-4-6-14(12)22(19)16(23)21(3)18/h4-8H,9,18-19H2,1-3H3. The van der Waals surface area contributed by atoms with Crippen molar-refractivity contribution < 1.29 is 9.53 Å². The number of hydrogen-bond donors (Lipinski definition) is 2. The maximum absolute atomic E-state index is 12.0. The van der Waals surface area contributed by atoms with Crippen molar-refractivity contribution >= 4 is 23.3 Å². The SMILES string of the molecule is Cc1ccc(C)c(OCc2c(Cl)cccc2N(N)C(=O)N(C)N)n1. The summed E-state index contributed by atoms with van der Waals surface area (Å²) in [5.74, 6) is 11.8.